The van der Waals surface area contributed by atoms with E-state index in [-0.39, 0.29) is 5.54 Å². The van der Waals surface area contributed by atoms with Gasteiger partial charge in [0.05, 0.1) is 0 Å². The molecule has 2 heterocycles. The van der Waals surface area contributed by atoms with Gasteiger partial charge in [-0.3, -0.25) is 0 Å². The van der Waals surface area contributed by atoms with Crippen molar-refractivity contribution in [2.45, 2.75) is 57.5 Å². The van der Waals surface area contributed by atoms with Gasteiger partial charge in [0.25, 0.3) is 0 Å². The van der Waals surface area contributed by atoms with Gasteiger partial charge in [-0.25, -0.2) is 0 Å². The molecule has 4 bridgehead atoms. The molecule has 2 aliphatic heterocycles. The Labute approximate surface area is 79.9 Å². The average Bonchev–Trinajstić information content (AvgIpc) is 1.96. The molecule has 2 nitrogen and oxygen atoms in total. The van der Waals surface area contributed by atoms with E-state index < -0.39 is 0 Å². The summed E-state index contributed by atoms with van der Waals surface area (Å²) >= 11 is 0. The van der Waals surface area contributed by atoms with Crippen LogP contribution in [-0.4, -0.2) is 21.9 Å². The van der Waals surface area contributed by atoms with E-state index in [4.69, 9.17) is 0 Å². The van der Waals surface area contributed by atoms with E-state index in [0.29, 0.717) is 11.5 Å². The third-order valence-corrected chi connectivity index (χ3v) is 4.55. The molecule has 2 saturated heterocycles. The lowest BCUT2D eigenvalue weighted by molar-refractivity contribution is -0.285. The predicted molar refractivity (Wildman–Crippen MR) is 50.5 cm³/mol. The van der Waals surface area contributed by atoms with Gasteiger partial charge in [0.15, 0.2) is 0 Å². The van der Waals surface area contributed by atoms with Crippen LogP contribution in [0.2, 0.25) is 0 Å². The van der Waals surface area contributed by atoms with Gasteiger partial charge in [-0.2, -0.15) is 5.06 Å². The second-order valence-electron chi connectivity index (χ2n) is 6.20. The summed E-state index contributed by atoms with van der Waals surface area (Å²) in [5, 5.41) is 11.7. The second kappa shape index (κ2) is 2.12. The Balaban J connectivity index is 2.01. The first-order valence-corrected chi connectivity index (χ1v) is 5.49. The molecule has 4 atom stereocenters. The van der Waals surface area contributed by atoms with Gasteiger partial charge in [-0.05, 0) is 50.4 Å². The first kappa shape index (κ1) is 8.25. The summed E-state index contributed by atoms with van der Waals surface area (Å²) in [4.78, 5) is 0. The van der Waals surface area contributed by atoms with Crippen LogP contribution >= 0.6 is 0 Å². The van der Waals surface area contributed by atoms with E-state index in [9.17, 15) is 5.21 Å². The Morgan fingerprint density at radius 1 is 1.23 bits per heavy atom. The van der Waals surface area contributed by atoms with Crippen LogP contribution in [0.25, 0.3) is 0 Å². The summed E-state index contributed by atoms with van der Waals surface area (Å²) in [6.45, 7) is 4.65. The molecule has 0 aromatic rings. The van der Waals surface area contributed by atoms with E-state index >= 15 is 0 Å². The number of piperidine rings is 2. The molecule has 13 heavy (non-hydrogen) atoms. The van der Waals surface area contributed by atoms with Crippen molar-refractivity contribution in [3.05, 3.63) is 0 Å². The van der Waals surface area contributed by atoms with Crippen LogP contribution in [0.3, 0.4) is 0 Å². The van der Waals surface area contributed by atoms with E-state index in [1.165, 1.54) is 32.1 Å². The minimum atomic E-state index is 0.110. The van der Waals surface area contributed by atoms with Crippen molar-refractivity contribution < 1.29 is 5.21 Å². The molecule has 2 heteroatoms. The maximum absolute atomic E-state index is 10.0. The zero-order chi connectivity index (χ0) is 9.27. The minimum absolute atomic E-state index is 0.110. The molecule has 2 aliphatic carbocycles. The lowest BCUT2D eigenvalue weighted by atomic mass is 9.53. The summed E-state index contributed by atoms with van der Waals surface area (Å²) in [6.07, 6.45) is 6.28. The van der Waals surface area contributed by atoms with Crippen molar-refractivity contribution in [1.29, 1.82) is 0 Å². The quantitative estimate of drug-likeness (QED) is 0.620. The van der Waals surface area contributed by atoms with Crippen molar-refractivity contribution in [2.24, 2.45) is 11.3 Å². The first-order valence-electron chi connectivity index (χ1n) is 5.49. The molecule has 4 fully saturated rings. The average molecular weight is 181 g/mol. The third-order valence-electron chi connectivity index (χ3n) is 4.55. The van der Waals surface area contributed by atoms with Crippen LogP contribution in [0.15, 0.2) is 0 Å². The summed E-state index contributed by atoms with van der Waals surface area (Å²) in [5.41, 5.74) is 0.651. The van der Waals surface area contributed by atoms with Gasteiger partial charge < -0.3 is 5.21 Å². The van der Waals surface area contributed by atoms with Gasteiger partial charge in [-0.15, -0.1) is 0 Å². The fourth-order valence-electron chi connectivity index (χ4n) is 4.62. The Hall–Kier alpha value is -0.0800. The maximum Gasteiger partial charge on any atom is 0.0443 e. The molecular weight excluding hydrogens is 162 g/mol. The summed E-state index contributed by atoms with van der Waals surface area (Å²) in [7, 11) is 0. The second-order valence-corrected chi connectivity index (χ2v) is 6.20. The van der Waals surface area contributed by atoms with Crippen molar-refractivity contribution in [3.63, 3.8) is 0 Å². The van der Waals surface area contributed by atoms with Crippen LogP contribution < -0.4 is 0 Å². The zero-order valence-electron chi connectivity index (χ0n) is 8.58. The van der Waals surface area contributed by atoms with E-state index in [0.717, 1.165) is 5.92 Å². The number of hydrogen-bond acceptors (Lipinski definition) is 2. The Morgan fingerprint density at radius 3 is 2.62 bits per heavy atom. The smallest absolute Gasteiger partial charge is 0.0443 e. The lowest BCUT2D eigenvalue weighted by Gasteiger charge is -2.63. The van der Waals surface area contributed by atoms with Crippen molar-refractivity contribution >= 4 is 0 Å². The van der Waals surface area contributed by atoms with Crippen LogP contribution in [0.4, 0.5) is 0 Å². The molecule has 74 valence electrons. The van der Waals surface area contributed by atoms with E-state index in [1.807, 2.05) is 0 Å². The van der Waals surface area contributed by atoms with Crippen molar-refractivity contribution in [2.75, 3.05) is 0 Å². The molecule has 0 aromatic heterocycles. The van der Waals surface area contributed by atoms with Gasteiger partial charge in [-0.1, -0.05) is 6.92 Å². The van der Waals surface area contributed by atoms with Crippen LogP contribution in [-0.2, 0) is 0 Å². The third kappa shape index (κ3) is 0.962. The summed E-state index contributed by atoms with van der Waals surface area (Å²) < 4.78 is 0. The molecule has 4 rings (SSSR count). The van der Waals surface area contributed by atoms with Gasteiger partial charge in [0.1, 0.15) is 0 Å². The largest absolute Gasteiger partial charge is 0.313 e. The highest BCUT2D eigenvalue weighted by Crippen LogP contribution is 2.59. The summed E-state index contributed by atoms with van der Waals surface area (Å²) in [5.74, 6) is 0.894. The summed E-state index contributed by atoms with van der Waals surface area (Å²) in [6, 6.07) is 0.469. The Bertz CT molecular complexity index is 254. The van der Waals surface area contributed by atoms with Gasteiger partial charge in [0, 0.05) is 11.6 Å². The van der Waals surface area contributed by atoms with Gasteiger partial charge in [0.2, 0.25) is 0 Å². The molecular formula is C11H19NO. The van der Waals surface area contributed by atoms with E-state index in [1.54, 1.807) is 5.06 Å². The van der Waals surface area contributed by atoms with Crippen molar-refractivity contribution in [3.8, 4) is 0 Å². The SMILES string of the molecule is CC12CC3CC(C1)N(O)C(C)(C3)C2. The molecule has 1 N–H and O–H groups in total. The van der Waals surface area contributed by atoms with Crippen LogP contribution in [0, 0.1) is 11.3 Å². The maximum atomic E-state index is 10.0. The highest BCUT2D eigenvalue weighted by atomic mass is 16.5. The standard InChI is InChI=1S/C11H19NO/c1-10-4-8-3-9(6-10)12(13)11(2,5-8)7-10/h8-9,13H,3-7H2,1-2H3. The van der Waals surface area contributed by atoms with Crippen LogP contribution in [0.5, 0.6) is 0 Å². The number of hydroxylamine groups is 2. The number of hydrogen-bond donors (Lipinski definition) is 1. The van der Waals surface area contributed by atoms with Crippen molar-refractivity contribution in [1.82, 2.24) is 5.06 Å². The lowest BCUT2D eigenvalue weighted by Crippen LogP contribution is -2.65. The van der Waals surface area contributed by atoms with Crippen LogP contribution in [0.1, 0.15) is 46.0 Å². The number of rotatable bonds is 0. The zero-order valence-corrected chi connectivity index (χ0v) is 8.58. The Kier molecular flexibility index (Phi) is 1.34. The molecule has 2 saturated carbocycles. The molecule has 4 aliphatic rings. The highest BCUT2D eigenvalue weighted by Gasteiger charge is 2.57. The minimum Gasteiger partial charge on any atom is -0.313 e. The van der Waals surface area contributed by atoms with Gasteiger partial charge >= 0.3 is 0 Å². The highest BCUT2D eigenvalue weighted by molar-refractivity contribution is 5.09. The fourth-order valence-corrected chi connectivity index (χ4v) is 4.62. The molecule has 0 spiro atoms. The topological polar surface area (TPSA) is 23.5 Å². The predicted octanol–water partition coefficient (Wildman–Crippen LogP) is 2.42. The Morgan fingerprint density at radius 2 is 2.00 bits per heavy atom. The first-order chi connectivity index (χ1) is 6.01. The molecule has 4 unspecified atom stereocenters. The normalized spacial score (nSPS) is 60.2. The molecule has 0 aromatic carbocycles. The number of nitrogens with zero attached hydrogens (tertiary/aromatic N) is 1. The molecule has 0 radical (unpaired) electrons. The van der Waals surface area contributed by atoms with E-state index in [2.05, 4.69) is 13.8 Å². The fraction of sp³-hybridized carbons (Fsp3) is 1.00. The monoisotopic (exact) mass is 181 g/mol. The molecule has 0 amide bonds.